The quantitative estimate of drug-likeness (QED) is 0.470. The third-order valence-electron chi connectivity index (χ3n) is 6.48. The topological polar surface area (TPSA) is 79.6 Å². The van der Waals surface area contributed by atoms with E-state index in [9.17, 15) is 9.90 Å². The number of aromatic nitrogens is 2. The van der Waals surface area contributed by atoms with E-state index in [-0.39, 0.29) is 0 Å². The summed E-state index contributed by atoms with van der Waals surface area (Å²) in [5.41, 5.74) is 1.94. The lowest BCUT2D eigenvalue weighted by Gasteiger charge is -2.45. The average molecular weight is 431 g/mol. The molecule has 3 fully saturated rings. The molecule has 3 aliphatic rings. The molecule has 2 N–H and O–H groups in total. The van der Waals surface area contributed by atoms with Crippen molar-refractivity contribution in [3.05, 3.63) is 29.5 Å². The highest BCUT2D eigenvalue weighted by Gasteiger charge is 2.34. The molecule has 3 aliphatic heterocycles. The van der Waals surface area contributed by atoms with Crippen LogP contribution in [0.1, 0.15) is 28.9 Å². The maximum Gasteiger partial charge on any atom is 0.336 e. The van der Waals surface area contributed by atoms with Crippen LogP contribution in [0.25, 0.3) is 10.9 Å². The van der Waals surface area contributed by atoms with Crippen molar-refractivity contribution in [3.63, 3.8) is 0 Å². The molecule has 1 aromatic heterocycles. The predicted molar refractivity (Wildman–Crippen MR) is 121 cm³/mol. The van der Waals surface area contributed by atoms with Crippen molar-refractivity contribution < 1.29 is 14.6 Å². The van der Waals surface area contributed by atoms with Crippen LogP contribution in [-0.4, -0.2) is 66.1 Å². The Bertz CT molecular complexity index is 900. The van der Waals surface area contributed by atoms with E-state index < -0.39 is 14.0 Å². The molecule has 164 valence electrons. The molecule has 4 heterocycles. The van der Waals surface area contributed by atoms with Gasteiger partial charge in [0.2, 0.25) is 0 Å². The van der Waals surface area contributed by atoms with Gasteiger partial charge in [-0.15, -0.1) is 0 Å². The van der Waals surface area contributed by atoms with Gasteiger partial charge in [-0.2, -0.15) is 5.10 Å². The number of nitrogens with zero attached hydrogens (tertiary/aromatic N) is 3. The Balaban J connectivity index is 1.52. The lowest BCUT2D eigenvalue weighted by molar-refractivity contribution is 0.0698. The van der Waals surface area contributed by atoms with E-state index in [2.05, 4.69) is 29.9 Å². The summed E-state index contributed by atoms with van der Waals surface area (Å²) in [4.78, 5) is 14.4. The molecular formula is C22H34N4O3Si. The van der Waals surface area contributed by atoms with Crippen LogP contribution in [0.2, 0.25) is 25.7 Å². The van der Waals surface area contributed by atoms with Gasteiger partial charge in [0, 0.05) is 39.2 Å². The van der Waals surface area contributed by atoms with Crippen molar-refractivity contribution in [2.75, 3.05) is 26.2 Å². The van der Waals surface area contributed by atoms with Gasteiger partial charge in [-0.25, -0.2) is 9.48 Å². The zero-order valence-electron chi connectivity index (χ0n) is 18.4. The van der Waals surface area contributed by atoms with Gasteiger partial charge in [0.25, 0.3) is 0 Å². The van der Waals surface area contributed by atoms with E-state index in [0.717, 1.165) is 29.2 Å². The zero-order chi connectivity index (χ0) is 21.3. The first kappa shape index (κ1) is 21.5. The van der Waals surface area contributed by atoms with Crippen LogP contribution < -0.4 is 5.32 Å². The number of nitrogens with one attached hydrogen (secondary N) is 1. The Morgan fingerprint density at radius 2 is 2.07 bits per heavy atom. The Morgan fingerprint density at radius 1 is 1.30 bits per heavy atom. The number of fused-ring (bicyclic) bond motifs is 4. The van der Waals surface area contributed by atoms with Crippen LogP contribution in [0.15, 0.2) is 18.2 Å². The highest BCUT2D eigenvalue weighted by atomic mass is 28.3. The number of aromatic carboxylic acids is 1. The summed E-state index contributed by atoms with van der Waals surface area (Å²) in [5.74, 6) is -0.198. The molecule has 7 nitrogen and oxygen atoms in total. The molecule has 2 bridgehead atoms. The second-order valence-corrected chi connectivity index (χ2v) is 15.5. The van der Waals surface area contributed by atoms with Crippen LogP contribution in [-0.2, 0) is 18.0 Å². The summed E-state index contributed by atoms with van der Waals surface area (Å²) in [7, 11) is -1.15. The molecule has 8 heteroatoms. The van der Waals surface area contributed by atoms with E-state index in [1.165, 1.54) is 25.9 Å². The maximum absolute atomic E-state index is 11.9. The number of carboxylic acids is 1. The van der Waals surface area contributed by atoms with Gasteiger partial charge in [-0.3, -0.25) is 0 Å². The summed E-state index contributed by atoms with van der Waals surface area (Å²) in [6, 6.07) is 6.95. The monoisotopic (exact) mass is 430 g/mol. The van der Waals surface area contributed by atoms with Gasteiger partial charge in [0.05, 0.1) is 16.8 Å². The summed E-state index contributed by atoms with van der Waals surface area (Å²) < 4.78 is 7.73. The van der Waals surface area contributed by atoms with Gasteiger partial charge in [-0.1, -0.05) is 25.7 Å². The third kappa shape index (κ3) is 4.77. The minimum absolute atomic E-state index is 0.312. The third-order valence-corrected chi connectivity index (χ3v) is 8.18. The lowest BCUT2D eigenvalue weighted by atomic mass is 9.84. The standard InChI is InChI=1S/C22H34N4O3Si/c1-30(2,3)12-11-29-15-26-20-6-4-5-17(22(27)28)21(20)18(24-26)13-23-19-14-25-9-7-16(19)8-10-25/h4-6,16,19,23H,7-15H2,1-3H3,(H,27,28). The van der Waals surface area contributed by atoms with Crippen LogP contribution in [0, 0.1) is 5.92 Å². The smallest absolute Gasteiger partial charge is 0.336 e. The first-order chi connectivity index (χ1) is 14.3. The molecular weight excluding hydrogens is 396 g/mol. The normalized spacial score (nSPS) is 23.9. The van der Waals surface area contributed by atoms with Gasteiger partial charge < -0.3 is 20.1 Å². The minimum atomic E-state index is -1.15. The average Bonchev–Trinajstić information content (AvgIpc) is 3.07. The summed E-state index contributed by atoms with van der Waals surface area (Å²) in [6.45, 7) is 12.1. The Labute approximate surface area is 179 Å². The molecule has 1 unspecified atom stereocenters. The molecule has 5 rings (SSSR count). The predicted octanol–water partition coefficient (Wildman–Crippen LogP) is 3.23. The SMILES string of the molecule is C[Si](C)(C)CCOCn1nc(CNC2CN3CCC2CC3)c2c(C(=O)O)cccc21. The molecule has 0 amide bonds. The summed E-state index contributed by atoms with van der Waals surface area (Å²) in [6.07, 6.45) is 2.50. The van der Waals surface area contributed by atoms with Crippen LogP contribution in [0.4, 0.5) is 0 Å². The van der Waals surface area contributed by atoms with E-state index in [1.807, 2.05) is 10.7 Å². The van der Waals surface area contributed by atoms with Gasteiger partial charge in [0.15, 0.2) is 0 Å². The van der Waals surface area contributed by atoms with Crippen molar-refractivity contribution >= 4 is 24.9 Å². The number of ether oxygens (including phenoxy) is 1. The van der Waals surface area contributed by atoms with Crippen molar-refractivity contribution in [2.45, 2.75) is 57.8 Å². The molecule has 0 spiro atoms. The number of carbonyl (C=O) groups is 1. The lowest BCUT2D eigenvalue weighted by Crippen LogP contribution is -2.55. The number of benzene rings is 1. The molecule has 3 saturated heterocycles. The van der Waals surface area contributed by atoms with Crippen LogP contribution in [0.3, 0.4) is 0 Å². The maximum atomic E-state index is 11.9. The Hall–Kier alpha value is -1.74. The number of hydrogen-bond donors (Lipinski definition) is 2. The minimum Gasteiger partial charge on any atom is -0.478 e. The number of piperidine rings is 3. The number of hydrogen-bond acceptors (Lipinski definition) is 5. The van der Waals surface area contributed by atoms with Crippen molar-refractivity contribution in [2.24, 2.45) is 5.92 Å². The molecule has 1 aromatic carbocycles. The second kappa shape index (κ2) is 8.78. The van der Waals surface area contributed by atoms with Crippen molar-refractivity contribution in [3.8, 4) is 0 Å². The summed E-state index contributed by atoms with van der Waals surface area (Å²) >= 11 is 0. The van der Waals surface area contributed by atoms with E-state index in [4.69, 9.17) is 9.84 Å². The Kier molecular flexibility index (Phi) is 6.29. The molecule has 0 saturated carbocycles. The molecule has 0 radical (unpaired) electrons. The van der Waals surface area contributed by atoms with Crippen molar-refractivity contribution in [1.29, 1.82) is 0 Å². The zero-order valence-corrected chi connectivity index (χ0v) is 19.4. The first-order valence-electron chi connectivity index (χ1n) is 11.1. The summed E-state index contributed by atoms with van der Waals surface area (Å²) in [5, 5.41) is 18.9. The van der Waals surface area contributed by atoms with Crippen molar-refractivity contribution in [1.82, 2.24) is 20.0 Å². The number of carboxylic acid groups (broad SMARTS) is 1. The van der Waals surface area contributed by atoms with Crippen LogP contribution in [0.5, 0.6) is 0 Å². The van der Waals surface area contributed by atoms with E-state index in [1.54, 1.807) is 12.1 Å². The first-order valence-corrected chi connectivity index (χ1v) is 14.8. The van der Waals surface area contributed by atoms with E-state index in [0.29, 0.717) is 37.4 Å². The molecule has 0 aliphatic carbocycles. The highest BCUT2D eigenvalue weighted by Crippen LogP contribution is 2.29. The second-order valence-electron chi connectivity index (χ2n) is 9.92. The fourth-order valence-electron chi connectivity index (χ4n) is 4.66. The van der Waals surface area contributed by atoms with Crippen LogP contribution >= 0.6 is 0 Å². The Morgan fingerprint density at radius 3 is 2.70 bits per heavy atom. The van der Waals surface area contributed by atoms with Gasteiger partial charge in [-0.05, 0) is 50.0 Å². The fourth-order valence-corrected chi connectivity index (χ4v) is 5.42. The van der Waals surface area contributed by atoms with Gasteiger partial charge >= 0.3 is 5.97 Å². The molecule has 2 aromatic rings. The highest BCUT2D eigenvalue weighted by molar-refractivity contribution is 6.76. The number of rotatable bonds is 9. The largest absolute Gasteiger partial charge is 0.478 e. The fraction of sp³-hybridized carbons (Fsp3) is 0.636. The molecule has 30 heavy (non-hydrogen) atoms. The van der Waals surface area contributed by atoms with Gasteiger partial charge in [0.1, 0.15) is 6.73 Å². The molecule has 1 atom stereocenters. The van der Waals surface area contributed by atoms with E-state index >= 15 is 0 Å².